The van der Waals surface area contributed by atoms with Crippen LogP contribution in [0.1, 0.15) is 29.1 Å². The van der Waals surface area contributed by atoms with Crippen molar-refractivity contribution < 1.29 is 17.7 Å². The van der Waals surface area contributed by atoms with E-state index in [9.17, 15) is 13.2 Å². The van der Waals surface area contributed by atoms with Crippen LogP contribution in [-0.4, -0.2) is 64.6 Å². The number of halogens is 1. The average Bonchev–Trinajstić information content (AvgIpc) is 3.00. The van der Waals surface area contributed by atoms with Crippen molar-refractivity contribution in [3.05, 3.63) is 33.9 Å². The number of nitrogens with zero attached hydrogens (tertiary/aromatic N) is 5. The molecule has 1 fully saturated rings. The molecule has 11 heteroatoms. The van der Waals surface area contributed by atoms with Crippen LogP contribution < -0.4 is 0 Å². The lowest BCUT2D eigenvalue weighted by atomic mass is 10.2. The minimum Gasteiger partial charge on any atom is -0.360 e. The third-order valence-corrected chi connectivity index (χ3v) is 7.51. The maximum atomic E-state index is 13.0. The molecule has 0 aromatic carbocycles. The Morgan fingerprint density at radius 3 is 2.45 bits per heavy atom. The molecule has 3 rings (SSSR count). The summed E-state index contributed by atoms with van der Waals surface area (Å²) in [6.07, 6.45) is 3.64. The summed E-state index contributed by atoms with van der Waals surface area (Å²) in [5.74, 6) is 0.0761. The summed E-state index contributed by atoms with van der Waals surface area (Å²) >= 11 is 6.19. The second-order valence-electron chi connectivity index (χ2n) is 6.98. The first-order valence-corrected chi connectivity index (χ1v) is 11.0. The molecule has 0 aliphatic carbocycles. The molecule has 0 N–H and O–H groups in total. The second kappa shape index (κ2) is 8.29. The molecule has 29 heavy (non-hydrogen) atoms. The van der Waals surface area contributed by atoms with Gasteiger partial charge in [0.05, 0.1) is 5.69 Å². The predicted octanol–water partition coefficient (Wildman–Crippen LogP) is 1.92. The van der Waals surface area contributed by atoms with Crippen molar-refractivity contribution in [2.75, 3.05) is 26.2 Å². The second-order valence-corrected chi connectivity index (χ2v) is 9.22. The van der Waals surface area contributed by atoms with E-state index in [0.29, 0.717) is 42.5 Å². The fourth-order valence-electron chi connectivity index (χ4n) is 3.42. The number of aromatic nitrogens is 3. The van der Waals surface area contributed by atoms with Gasteiger partial charge in [-0.2, -0.15) is 9.40 Å². The smallest absolute Gasteiger partial charge is 0.248 e. The molecule has 1 aliphatic rings. The summed E-state index contributed by atoms with van der Waals surface area (Å²) in [7, 11) is -1.99. The van der Waals surface area contributed by atoms with Gasteiger partial charge in [-0.1, -0.05) is 16.8 Å². The van der Waals surface area contributed by atoms with Crippen molar-refractivity contribution in [1.82, 2.24) is 24.1 Å². The highest BCUT2D eigenvalue weighted by molar-refractivity contribution is 7.89. The van der Waals surface area contributed by atoms with E-state index in [4.69, 9.17) is 16.1 Å². The Balaban J connectivity index is 1.71. The van der Waals surface area contributed by atoms with Crippen LogP contribution in [0.3, 0.4) is 0 Å². The van der Waals surface area contributed by atoms with Crippen LogP contribution in [0, 0.1) is 20.8 Å². The van der Waals surface area contributed by atoms with Gasteiger partial charge >= 0.3 is 0 Å². The van der Waals surface area contributed by atoms with Gasteiger partial charge in [0.2, 0.25) is 15.9 Å². The molecule has 0 radical (unpaired) electrons. The highest BCUT2D eigenvalue weighted by Crippen LogP contribution is 2.24. The summed E-state index contributed by atoms with van der Waals surface area (Å²) in [5, 5.41) is 8.41. The zero-order valence-electron chi connectivity index (χ0n) is 16.8. The molecule has 1 saturated heterocycles. The Bertz CT molecular complexity index is 1040. The zero-order chi connectivity index (χ0) is 21.3. The number of amides is 1. The van der Waals surface area contributed by atoms with E-state index in [1.165, 1.54) is 10.4 Å². The van der Waals surface area contributed by atoms with Gasteiger partial charge in [0.15, 0.2) is 5.76 Å². The van der Waals surface area contributed by atoms with Crippen LogP contribution in [-0.2, 0) is 21.9 Å². The maximum Gasteiger partial charge on any atom is 0.248 e. The summed E-state index contributed by atoms with van der Waals surface area (Å²) in [4.78, 5) is 14.4. The third kappa shape index (κ3) is 4.24. The standard InChI is InChI=1S/C18H24ClN5O4S/c1-12-15(18(19)22(4)20-12)6-7-16(25)23-8-5-9-24(11-10-23)29(26,27)17-13(2)21-28-14(17)3/h6-7H,5,8-11H2,1-4H3/b7-6+. The fourth-order valence-corrected chi connectivity index (χ4v) is 5.42. The van der Waals surface area contributed by atoms with E-state index >= 15 is 0 Å². The van der Waals surface area contributed by atoms with Crippen molar-refractivity contribution in [1.29, 1.82) is 0 Å². The van der Waals surface area contributed by atoms with Gasteiger partial charge in [-0.25, -0.2) is 8.42 Å². The molecule has 0 unspecified atom stereocenters. The third-order valence-electron chi connectivity index (χ3n) is 4.92. The Morgan fingerprint density at radius 2 is 1.86 bits per heavy atom. The first-order valence-electron chi connectivity index (χ1n) is 9.22. The first-order chi connectivity index (χ1) is 13.6. The molecule has 9 nitrogen and oxygen atoms in total. The molecular weight excluding hydrogens is 418 g/mol. The van der Waals surface area contributed by atoms with Crippen LogP contribution in [0.2, 0.25) is 5.15 Å². The van der Waals surface area contributed by atoms with Crippen molar-refractivity contribution >= 4 is 33.6 Å². The molecule has 3 heterocycles. The van der Waals surface area contributed by atoms with Crippen LogP contribution in [0.4, 0.5) is 0 Å². The monoisotopic (exact) mass is 441 g/mol. The Hall–Kier alpha value is -2.17. The number of aryl methyl sites for hydroxylation is 4. The van der Waals surface area contributed by atoms with Crippen molar-refractivity contribution in [2.24, 2.45) is 7.05 Å². The number of carbonyl (C=O) groups excluding carboxylic acids is 1. The minimum absolute atomic E-state index is 0.110. The van der Waals surface area contributed by atoms with Crippen LogP contribution >= 0.6 is 11.6 Å². The summed E-state index contributed by atoms with van der Waals surface area (Å²) in [6, 6.07) is 0. The molecule has 1 aliphatic heterocycles. The maximum absolute atomic E-state index is 13.0. The number of sulfonamides is 1. The number of hydrogen-bond donors (Lipinski definition) is 0. The molecule has 158 valence electrons. The SMILES string of the molecule is Cc1nn(C)c(Cl)c1/C=C/C(=O)N1CCCN(S(=O)(=O)c2c(C)noc2C)CC1. The summed E-state index contributed by atoms with van der Waals surface area (Å²) in [5.41, 5.74) is 1.76. The minimum atomic E-state index is -3.72. The van der Waals surface area contributed by atoms with E-state index in [1.54, 1.807) is 36.6 Å². The molecule has 0 atom stereocenters. The predicted molar refractivity (Wildman–Crippen MR) is 108 cm³/mol. The Labute approximate surface area is 174 Å². The topological polar surface area (TPSA) is 102 Å². The molecule has 1 amide bonds. The fraction of sp³-hybridized carbons (Fsp3) is 0.500. The Morgan fingerprint density at radius 1 is 1.14 bits per heavy atom. The van der Waals surface area contributed by atoms with Gasteiger partial charge in [0.25, 0.3) is 0 Å². The lowest BCUT2D eigenvalue weighted by Gasteiger charge is -2.21. The highest BCUT2D eigenvalue weighted by Gasteiger charge is 2.32. The van der Waals surface area contributed by atoms with E-state index < -0.39 is 10.0 Å². The Kier molecular flexibility index (Phi) is 6.16. The number of carbonyl (C=O) groups is 1. The van der Waals surface area contributed by atoms with Crippen LogP contribution in [0.25, 0.3) is 6.08 Å². The van der Waals surface area contributed by atoms with Crippen LogP contribution in [0.5, 0.6) is 0 Å². The van der Waals surface area contributed by atoms with Gasteiger partial charge in [0, 0.05) is 44.9 Å². The lowest BCUT2D eigenvalue weighted by Crippen LogP contribution is -2.37. The summed E-state index contributed by atoms with van der Waals surface area (Å²) in [6.45, 7) is 6.30. The molecule has 0 bridgehead atoms. The van der Waals surface area contributed by atoms with Crippen molar-refractivity contribution in [2.45, 2.75) is 32.1 Å². The van der Waals surface area contributed by atoms with Gasteiger partial charge in [-0.05, 0) is 33.3 Å². The quantitative estimate of drug-likeness (QED) is 0.672. The summed E-state index contributed by atoms with van der Waals surface area (Å²) < 4.78 is 33.9. The molecule has 0 saturated carbocycles. The zero-order valence-corrected chi connectivity index (χ0v) is 18.4. The molecule has 2 aromatic rings. The largest absolute Gasteiger partial charge is 0.360 e. The van der Waals surface area contributed by atoms with Crippen molar-refractivity contribution in [3.8, 4) is 0 Å². The molecule has 2 aromatic heterocycles. The molecule has 0 spiro atoms. The van der Waals surface area contributed by atoms with E-state index in [0.717, 1.165) is 5.69 Å². The van der Waals surface area contributed by atoms with Crippen LogP contribution in [0.15, 0.2) is 15.5 Å². The number of rotatable bonds is 4. The molecular formula is C18H24ClN5O4S. The van der Waals surface area contributed by atoms with E-state index in [-0.39, 0.29) is 23.1 Å². The van der Waals surface area contributed by atoms with Crippen molar-refractivity contribution in [3.63, 3.8) is 0 Å². The normalized spacial score (nSPS) is 16.5. The van der Waals surface area contributed by atoms with Gasteiger partial charge < -0.3 is 9.42 Å². The first kappa shape index (κ1) is 21.5. The van der Waals surface area contributed by atoms with E-state index in [1.807, 2.05) is 6.92 Å². The lowest BCUT2D eigenvalue weighted by molar-refractivity contribution is -0.125. The van der Waals surface area contributed by atoms with Gasteiger partial charge in [0.1, 0.15) is 15.7 Å². The van der Waals surface area contributed by atoms with Gasteiger partial charge in [-0.15, -0.1) is 0 Å². The average molecular weight is 442 g/mol. The number of hydrogen-bond acceptors (Lipinski definition) is 6. The van der Waals surface area contributed by atoms with Gasteiger partial charge in [-0.3, -0.25) is 9.48 Å². The van der Waals surface area contributed by atoms with E-state index in [2.05, 4.69) is 10.3 Å². The highest BCUT2D eigenvalue weighted by atomic mass is 35.5.